The summed E-state index contributed by atoms with van der Waals surface area (Å²) in [5, 5.41) is 4.25. The Bertz CT molecular complexity index is 539. The molecule has 3 N–H and O–H groups in total. The molecule has 0 fully saturated rings. The van der Waals surface area contributed by atoms with Crippen molar-refractivity contribution in [3.05, 3.63) is 35.4 Å². The Morgan fingerprint density at radius 1 is 1.26 bits per heavy atom. The van der Waals surface area contributed by atoms with Crippen LogP contribution >= 0.6 is 11.5 Å². The predicted octanol–water partition coefficient (Wildman–Crippen LogP) is 3.30. The Hall–Kier alpha value is -1.75. The van der Waals surface area contributed by atoms with E-state index in [9.17, 15) is 0 Å². The van der Waals surface area contributed by atoms with E-state index in [1.54, 1.807) is 0 Å². The van der Waals surface area contributed by atoms with Crippen LogP contribution in [0.3, 0.4) is 0 Å². The van der Waals surface area contributed by atoms with E-state index in [1.165, 1.54) is 22.7 Å². The number of hydrogen-bond acceptors (Lipinski definition) is 5. The molecule has 1 aromatic heterocycles. The molecule has 0 radical (unpaired) electrons. The van der Waals surface area contributed by atoms with Gasteiger partial charge in [-0.3, -0.25) is 0 Å². The molecule has 1 heterocycles. The molecule has 0 aliphatic heterocycles. The average molecular weight is 277 g/mol. The number of hydrogen-bond donors (Lipinski definition) is 2. The lowest BCUT2D eigenvalue weighted by atomic mass is 10.1. The highest BCUT2D eigenvalue weighted by atomic mass is 32.1. The van der Waals surface area contributed by atoms with Gasteiger partial charge in [0, 0.05) is 6.54 Å². The van der Waals surface area contributed by atoms with E-state index in [-0.39, 0.29) is 0 Å². The number of rotatable bonds is 6. The molecular formula is C14H19N3OS. The van der Waals surface area contributed by atoms with Crippen LogP contribution in [-0.2, 0) is 13.0 Å². The van der Waals surface area contributed by atoms with Crippen LogP contribution in [0.2, 0.25) is 0 Å². The normalized spacial score (nSPS) is 10.4. The monoisotopic (exact) mass is 277 g/mol. The summed E-state index contributed by atoms with van der Waals surface area (Å²) in [7, 11) is 0. The third-order valence-corrected chi connectivity index (χ3v) is 3.70. The van der Waals surface area contributed by atoms with Gasteiger partial charge in [0.2, 0.25) is 0 Å². The smallest absolute Gasteiger partial charge is 0.197 e. The summed E-state index contributed by atoms with van der Waals surface area (Å²) in [6.07, 6.45) is 1.03. The standard InChI is InChI=1S/C14H19N3OS/c1-3-10-7-5-6-8-11(10)9-16-14-12(18-4-2)13(15)17-19-14/h5-8,16H,3-4,9H2,1-2H3,(H2,15,17). The predicted molar refractivity (Wildman–Crippen MR) is 80.8 cm³/mol. The second-order valence-corrected chi connectivity index (χ2v) is 4.91. The zero-order valence-electron chi connectivity index (χ0n) is 11.3. The minimum atomic E-state index is 0.457. The van der Waals surface area contributed by atoms with E-state index in [0.29, 0.717) is 18.2 Å². The molecule has 0 saturated carbocycles. The van der Waals surface area contributed by atoms with Crippen LogP contribution in [0.1, 0.15) is 25.0 Å². The van der Waals surface area contributed by atoms with Crippen LogP contribution in [0.25, 0.3) is 0 Å². The van der Waals surface area contributed by atoms with Gasteiger partial charge in [-0.15, -0.1) is 0 Å². The minimum Gasteiger partial charge on any atom is -0.487 e. The first-order valence-electron chi connectivity index (χ1n) is 6.44. The van der Waals surface area contributed by atoms with Gasteiger partial charge >= 0.3 is 0 Å². The van der Waals surface area contributed by atoms with E-state index in [0.717, 1.165) is 18.0 Å². The quantitative estimate of drug-likeness (QED) is 0.850. The van der Waals surface area contributed by atoms with Gasteiger partial charge in [-0.1, -0.05) is 31.2 Å². The lowest BCUT2D eigenvalue weighted by Gasteiger charge is -2.10. The molecule has 19 heavy (non-hydrogen) atoms. The molecule has 0 aliphatic carbocycles. The van der Waals surface area contributed by atoms with E-state index < -0.39 is 0 Å². The van der Waals surface area contributed by atoms with Crippen molar-refractivity contribution in [1.29, 1.82) is 0 Å². The van der Waals surface area contributed by atoms with Gasteiger partial charge in [-0.05, 0) is 36.0 Å². The number of benzene rings is 1. The summed E-state index contributed by atoms with van der Waals surface area (Å²) in [5.74, 6) is 1.12. The van der Waals surface area contributed by atoms with Crippen molar-refractivity contribution < 1.29 is 4.74 Å². The van der Waals surface area contributed by atoms with Gasteiger partial charge < -0.3 is 15.8 Å². The summed E-state index contributed by atoms with van der Waals surface area (Å²) in [5.41, 5.74) is 8.43. The highest BCUT2D eigenvalue weighted by Gasteiger charge is 2.12. The fourth-order valence-electron chi connectivity index (χ4n) is 1.94. The van der Waals surface area contributed by atoms with Crippen LogP contribution in [0.5, 0.6) is 5.75 Å². The Labute approximate surface area is 117 Å². The van der Waals surface area contributed by atoms with Gasteiger partial charge in [0.25, 0.3) is 0 Å². The number of nitrogen functional groups attached to an aromatic ring is 1. The first kappa shape index (κ1) is 13.7. The van der Waals surface area contributed by atoms with Crippen LogP contribution in [0.15, 0.2) is 24.3 Å². The van der Waals surface area contributed by atoms with Crippen molar-refractivity contribution in [2.24, 2.45) is 0 Å². The zero-order chi connectivity index (χ0) is 13.7. The van der Waals surface area contributed by atoms with Crippen molar-refractivity contribution in [1.82, 2.24) is 4.37 Å². The second-order valence-electron chi connectivity index (χ2n) is 4.13. The summed E-state index contributed by atoms with van der Waals surface area (Å²) in [4.78, 5) is 0. The van der Waals surface area contributed by atoms with Gasteiger partial charge in [0.1, 0.15) is 0 Å². The number of nitrogens with two attached hydrogens (primary N) is 1. The summed E-state index contributed by atoms with van der Waals surface area (Å²) < 4.78 is 9.64. The molecule has 5 heteroatoms. The highest BCUT2D eigenvalue weighted by Crippen LogP contribution is 2.35. The van der Waals surface area contributed by atoms with E-state index in [1.807, 2.05) is 6.92 Å². The number of ether oxygens (including phenoxy) is 1. The highest BCUT2D eigenvalue weighted by molar-refractivity contribution is 7.11. The SMILES string of the molecule is CCOc1c(N)nsc1NCc1ccccc1CC. The van der Waals surface area contributed by atoms with Crippen LogP contribution in [0.4, 0.5) is 10.8 Å². The van der Waals surface area contributed by atoms with E-state index in [4.69, 9.17) is 10.5 Å². The lowest BCUT2D eigenvalue weighted by molar-refractivity contribution is 0.344. The van der Waals surface area contributed by atoms with Crippen LogP contribution in [-0.4, -0.2) is 11.0 Å². The molecule has 0 saturated heterocycles. The number of aromatic nitrogens is 1. The topological polar surface area (TPSA) is 60.2 Å². The molecule has 0 atom stereocenters. The number of anilines is 2. The third kappa shape index (κ3) is 3.17. The molecule has 0 aliphatic rings. The van der Waals surface area contributed by atoms with Crippen molar-refractivity contribution >= 4 is 22.4 Å². The maximum atomic E-state index is 5.79. The molecule has 102 valence electrons. The van der Waals surface area contributed by atoms with Gasteiger partial charge in [-0.2, -0.15) is 4.37 Å². The van der Waals surface area contributed by atoms with E-state index in [2.05, 4.69) is 40.9 Å². The summed E-state index contributed by atoms with van der Waals surface area (Å²) >= 11 is 1.34. The maximum absolute atomic E-state index is 5.79. The van der Waals surface area contributed by atoms with Crippen molar-refractivity contribution in [3.63, 3.8) is 0 Å². The van der Waals surface area contributed by atoms with Crippen molar-refractivity contribution in [2.75, 3.05) is 17.7 Å². The third-order valence-electron chi connectivity index (χ3n) is 2.90. The summed E-state index contributed by atoms with van der Waals surface area (Å²) in [6.45, 7) is 5.44. The largest absolute Gasteiger partial charge is 0.487 e. The molecule has 2 rings (SSSR count). The molecule has 0 unspecified atom stereocenters. The Kier molecular flexibility index (Phi) is 4.63. The maximum Gasteiger partial charge on any atom is 0.197 e. The van der Waals surface area contributed by atoms with Crippen molar-refractivity contribution in [3.8, 4) is 5.75 Å². The summed E-state index contributed by atoms with van der Waals surface area (Å²) in [6, 6.07) is 8.41. The van der Waals surface area contributed by atoms with Gasteiger partial charge in [0.15, 0.2) is 16.6 Å². The van der Waals surface area contributed by atoms with Gasteiger partial charge in [-0.25, -0.2) is 0 Å². The molecular weight excluding hydrogens is 258 g/mol. The van der Waals surface area contributed by atoms with Gasteiger partial charge in [0.05, 0.1) is 6.61 Å². The number of nitrogens with one attached hydrogen (secondary N) is 1. The average Bonchev–Trinajstić information content (AvgIpc) is 2.78. The second kappa shape index (κ2) is 6.43. The lowest BCUT2D eigenvalue weighted by Crippen LogP contribution is -2.03. The molecule has 1 aromatic carbocycles. The van der Waals surface area contributed by atoms with E-state index >= 15 is 0 Å². The fraction of sp³-hybridized carbons (Fsp3) is 0.357. The minimum absolute atomic E-state index is 0.457. The van der Waals surface area contributed by atoms with Crippen molar-refractivity contribution in [2.45, 2.75) is 26.8 Å². The Morgan fingerprint density at radius 3 is 2.68 bits per heavy atom. The molecule has 0 amide bonds. The number of nitrogens with zero attached hydrogens (tertiary/aromatic N) is 1. The molecule has 0 spiro atoms. The first-order valence-corrected chi connectivity index (χ1v) is 7.22. The fourth-order valence-corrected chi connectivity index (χ4v) is 2.60. The molecule has 2 aromatic rings. The Morgan fingerprint density at radius 2 is 2.00 bits per heavy atom. The van der Waals surface area contributed by atoms with Crippen LogP contribution in [0, 0.1) is 0 Å². The Balaban J connectivity index is 2.10. The molecule has 0 bridgehead atoms. The zero-order valence-corrected chi connectivity index (χ0v) is 12.1. The first-order chi connectivity index (χ1) is 9.26. The number of aryl methyl sites for hydroxylation is 1. The molecule has 4 nitrogen and oxygen atoms in total. The van der Waals surface area contributed by atoms with Crippen LogP contribution < -0.4 is 15.8 Å².